The van der Waals surface area contributed by atoms with E-state index in [2.05, 4.69) is 230 Å². The van der Waals surface area contributed by atoms with Gasteiger partial charge in [-0.3, -0.25) is 13.7 Å². The zero-order chi connectivity index (χ0) is 49.6. The third-order valence-electron chi connectivity index (χ3n) is 14.7. The molecular weight excluding hydrogens is 919 g/mol. The Morgan fingerprint density at radius 1 is 0.440 bits per heavy atom. The molecular formula is C67H41N7O. The number of rotatable bonds is 8. The Balaban J connectivity index is 0.837. The molecule has 75 heavy (non-hydrogen) atoms. The van der Waals surface area contributed by atoms with E-state index in [1.165, 1.54) is 21.5 Å². The monoisotopic (exact) mass is 959 g/mol. The maximum atomic E-state index is 8.17. The Labute approximate surface area is 430 Å². The molecule has 0 aliphatic rings. The van der Waals surface area contributed by atoms with Crippen LogP contribution in [0.25, 0.3) is 121 Å². The van der Waals surface area contributed by atoms with E-state index in [0.29, 0.717) is 17.2 Å². The highest BCUT2D eigenvalue weighted by molar-refractivity contribution is 6.15. The summed E-state index contributed by atoms with van der Waals surface area (Å²) in [5.41, 5.74) is 14.9. The highest BCUT2D eigenvalue weighted by Crippen LogP contribution is 2.41. The van der Waals surface area contributed by atoms with E-state index in [0.717, 1.165) is 94.6 Å². The summed E-state index contributed by atoms with van der Waals surface area (Å²) in [6, 6.07) is 84.3. The van der Waals surface area contributed by atoms with Crippen LogP contribution in [0.4, 0.5) is 5.69 Å². The zero-order valence-electron chi connectivity index (χ0n) is 40.2. The molecule has 0 fully saturated rings. The van der Waals surface area contributed by atoms with Crippen molar-refractivity contribution in [2.75, 3.05) is 0 Å². The average Bonchev–Trinajstić information content (AvgIpc) is 4.23. The summed E-state index contributed by atoms with van der Waals surface area (Å²) in [4.78, 5) is 9.20. The molecule has 5 heterocycles. The summed E-state index contributed by atoms with van der Waals surface area (Å²) in [5.74, 6) is 1.95. The molecule has 350 valence electrons. The molecule has 15 aromatic rings. The maximum Gasteiger partial charge on any atom is 0.269 e. The first-order chi connectivity index (χ1) is 37.2. The molecule has 0 bridgehead atoms. The van der Waals surface area contributed by atoms with E-state index >= 15 is 0 Å². The largest absolute Gasteiger partial charge is 0.459 e. The average molecular weight is 960 g/mol. The molecule has 0 spiro atoms. The number of aromatic nitrogens is 6. The first-order valence-electron chi connectivity index (χ1n) is 25.0. The van der Waals surface area contributed by atoms with Crippen molar-refractivity contribution >= 4 is 82.1 Å². The minimum absolute atomic E-state index is 0.454. The van der Waals surface area contributed by atoms with Gasteiger partial charge in [0.05, 0.1) is 79.7 Å². The molecule has 0 unspecified atom stereocenters. The number of hydrogen-bond acceptors (Lipinski definition) is 2. The molecule has 0 aliphatic carbocycles. The van der Waals surface area contributed by atoms with Crippen LogP contribution in [0.2, 0.25) is 0 Å². The number of benzene rings is 10. The van der Waals surface area contributed by atoms with Crippen LogP contribution >= 0.6 is 0 Å². The lowest BCUT2D eigenvalue weighted by Gasteiger charge is -2.15. The molecule has 5 aromatic heterocycles. The van der Waals surface area contributed by atoms with Crippen molar-refractivity contribution in [3.05, 3.63) is 267 Å². The van der Waals surface area contributed by atoms with Gasteiger partial charge in [0.2, 0.25) is 0 Å². The lowest BCUT2D eigenvalue weighted by Crippen LogP contribution is -2.30. The molecule has 10 aromatic carbocycles. The van der Waals surface area contributed by atoms with Gasteiger partial charge in [-0.25, -0.2) is 9.83 Å². The second-order valence-corrected chi connectivity index (χ2v) is 18.8. The molecule has 0 atom stereocenters. The van der Waals surface area contributed by atoms with Crippen LogP contribution in [-0.2, 0) is 0 Å². The number of nitrogens with zero attached hydrogens (tertiary/aromatic N) is 7. The third-order valence-corrected chi connectivity index (χ3v) is 14.7. The van der Waals surface area contributed by atoms with E-state index < -0.39 is 0 Å². The zero-order valence-corrected chi connectivity index (χ0v) is 40.2. The van der Waals surface area contributed by atoms with Crippen molar-refractivity contribution in [3.8, 4) is 51.2 Å². The van der Waals surface area contributed by atoms with Gasteiger partial charge < -0.3 is 13.9 Å². The molecule has 8 heteroatoms. The summed E-state index contributed by atoms with van der Waals surface area (Å²) in [6.07, 6.45) is 5.65. The lowest BCUT2D eigenvalue weighted by molar-refractivity contribution is -0.571. The molecule has 0 N–H and O–H groups in total. The third kappa shape index (κ3) is 6.62. The Hall–Kier alpha value is -10.5. The quantitative estimate of drug-likeness (QED) is 0.113. The molecule has 15 rings (SSSR count). The van der Waals surface area contributed by atoms with Gasteiger partial charge >= 0.3 is 0 Å². The molecule has 0 saturated carbocycles. The molecule has 0 saturated heterocycles. The van der Waals surface area contributed by atoms with Crippen LogP contribution in [0.1, 0.15) is 0 Å². The van der Waals surface area contributed by atoms with Crippen LogP contribution in [-0.4, -0.2) is 23.3 Å². The highest BCUT2D eigenvalue weighted by atomic mass is 16.5. The normalized spacial score (nSPS) is 11.7. The van der Waals surface area contributed by atoms with Gasteiger partial charge in [0, 0.05) is 38.4 Å². The van der Waals surface area contributed by atoms with Gasteiger partial charge in [-0.1, -0.05) is 158 Å². The number of pyridine rings is 1. The van der Waals surface area contributed by atoms with Crippen molar-refractivity contribution in [3.63, 3.8) is 0 Å². The van der Waals surface area contributed by atoms with Crippen LogP contribution in [0.5, 0.6) is 11.5 Å². The summed E-state index contributed by atoms with van der Waals surface area (Å²) in [5, 5.41) is 6.98. The Morgan fingerprint density at radius 3 is 1.75 bits per heavy atom. The fourth-order valence-electron chi connectivity index (χ4n) is 11.5. The summed E-state index contributed by atoms with van der Waals surface area (Å²) in [6.45, 7) is 8.17. The fraction of sp³-hybridized carbons (Fsp3) is 0. The first kappa shape index (κ1) is 42.2. The number of imidazole rings is 1. The number of hydrogen-bond donors (Lipinski definition) is 0. The first-order valence-corrected chi connectivity index (χ1v) is 25.0. The summed E-state index contributed by atoms with van der Waals surface area (Å²) in [7, 11) is 0. The molecule has 8 nitrogen and oxygen atoms in total. The van der Waals surface area contributed by atoms with Gasteiger partial charge in [0.1, 0.15) is 17.3 Å². The second-order valence-electron chi connectivity index (χ2n) is 18.8. The molecule has 0 aliphatic heterocycles. The van der Waals surface area contributed by atoms with Crippen LogP contribution < -0.4 is 9.30 Å². The Kier molecular flexibility index (Phi) is 9.46. The standard InChI is InChI=1S/C67H41N7O/c1-68-45-38-47(70-43-71(63-32-16-15-31-62(63)70)57-26-10-5-20-50(57)44-18-3-2-4-19-44)40-49(39-45)75-48-35-36-55-53-23-8-14-30-61(53)74(65(55)41-48)66-37-34-46(42-69-66)72-58-27-11-9-24-54(58)56-25-17-33-64(67(56)72)73-59-28-12-6-21-51(59)52-22-7-13-29-60(52)73/h2-42H. The molecule has 0 amide bonds. The maximum absolute atomic E-state index is 8.17. The number of para-hydroxylation sites is 8. The van der Waals surface area contributed by atoms with Crippen molar-refractivity contribution in [2.45, 2.75) is 0 Å². The summed E-state index contributed by atoms with van der Waals surface area (Å²) >= 11 is 0. The van der Waals surface area contributed by atoms with E-state index in [-0.39, 0.29) is 0 Å². The smallest absolute Gasteiger partial charge is 0.269 e. The highest BCUT2D eigenvalue weighted by Gasteiger charge is 2.22. The second kappa shape index (κ2) is 16.8. The van der Waals surface area contributed by atoms with Crippen LogP contribution in [0.3, 0.4) is 0 Å². The summed E-state index contributed by atoms with van der Waals surface area (Å²) < 4.78 is 17.9. The van der Waals surface area contributed by atoms with Gasteiger partial charge in [0.15, 0.2) is 5.69 Å². The van der Waals surface area contributed by atoms with Gasteiger partial charge in [-0.15, -0.1) is 0 Å². The van der Waals surface area contributed by atoms with E-state index in [1.54, 1.807) is 6.07 Å². The predicted molar refractivity (Wildman–Crippen MR) is 303 cm³/mol. The van der Waals surface area contributed by atoms with Gasteiger partial charge in [-0.2, -0.15) is 0 Å². The van der Waals surface area contributed by atoms with Gasteiger partial charge in [0.25, 0.3) is 6.33 Å². The van der Waals surface area contributed by atoms with E-state index in [1.807, 2.05) is 47.2 Å². The minimum atomic E-state index is 0.454. The lowest BCUT2D eigenvalue weighted by atomic mass is 10.0. The molecule has 0 radical (unpaired) electrons. The van der Waals surface area contributed by atoms with Crippen LogP contribution in [0.15, 0.2) is 249 Å². The van der Waals surface area contributed by atoms with Gasteiger partial charge in [-0.05, 0) is 90.0 Å². The van der Waals surface area contributed by atoms with Crippen molar-refractivity contribution in [1.29, 1.82) is 0 Å². The van der Waals surface area contributed by atoms with Crippen molar-refractivity contribution < 1.29 is 9.30 Å². The topological polar surface area (TPSA) is 50.1 Å². The fourth-order valence-corrected chi connectivity index (χ4v) is 11.5. The Bertz CT molecular complexity index is 4760. The van der Waals surface area contributed by atoms with E-state index in [9.17, 15) is 0 Å². The van der Waals surface area contributed by atoms with Crippen molar-refractivity contribution in [1.82, 2.24) is 23.3 Å². The Morgan fingerprint density at radius 2 is 1.04 bits per heavy atom. The van der Waals surface area contributed by atoms with Crippen molar-refractivity contribution in [2.24, 2.45) is 0 Å². The predicted octanol–water partition coefficient (Wildman–Crippen LogP) is 16.4. The van der Waals surface area contributed by atoms with E-state index in [4.69, 9.17) is 16.3 Å². The minimum Gasteiger partial charge on any atom is -0.459 e. The number of ether oxygens (including phenoxy) is 1. The van der Waals surface area contributed by atoms with Crippen LogP contribution in [0, 0.1) is 12.9 Å². The number of fused-ring (bicyclic) bond motifs is 10. The SMILES string of the molecule is [C-]#[N+]c1cc(Oc2ccc3c4ccccc4n(-c4ccc(-n5c6ccccc6c6cccc(-n7c8ccccc8c8ccccc87)c65)cn4)c3c2)cc(-n2[c-][n+](-c3ccccc3-c3ccccc3)c3ccccc32)c1.